The normalized spacial score (nSPS) is 20.9. The highest BCUT2D eigenvalue weighted by Gasteiger charge is 2.40. The van der Waals surface area contributed by atoms with Crippen molar-refractivity contribution in [3.8, 4) is 0 Å². The molecule has 1 aromatic carbocycles. The van der Waals surface area contributed by atoms with Gasteiger partial charge >= 0.3 is 5.97 Å². The summed E-state index contributed by atoms with van der Waals surface area (Å²) < 4.78 is 36.8. The molecule has 0 bridgehead atoms. The Morgan fingerprint density at radius 2 is 2.04 bits per heavy atom. The number of methoxy groups -OCH3 is 1. The lowest BCUT2D eigenvalue weighted by Gasteiger charge is -2.29. The second kappa shape index (κ2) is 9.05. The molecule has 0 aliphatic carbocycles. The Hall–Kier alpha value is -2.62. The topological polar surface area (TPSA) is 99.9 Å². The number of carbonyl (C=O) groups is 2. The van der Waals surface area contributed by atoms with Gasteiger partial charge in [0.2, 0.25) is 0 Å². The maximum Gasteiger partial charge on any atom is 0.335 e. The van der Waals surface area contributed by atoms with Crippen molar-refractivity contribution in [3.63, 3.8) is 0 Å². The summed E-state index contributed by atoms with van der Waals surface area (Å²) in [5, 5.41) is 2.67. The Labute approximate surface area is 161 Å². The van der Waals surface area contributed by atoms with E-state index in [2.05, 4.69) is 23.2 Å². The molecule has 2 rings (SSSR count). The molecule has 1 heterocycles. The molecule has 3 atom stereocenters. The quantitative estimate of drug-likeness (QED) is 0.394. The molecule has 152 valence electrons. The van der Waals surface area contributed by atoms with Gasteiger partial charge in [-0.25, -0.2) is 19.5 Å². The molecule has 1 fully saturated rings. The summed E-state index contributed by atoms with van der Waals surface area (Å²) in [6, 6.07) is 2.41. The Kier molecular flexibility index (Phi) is 7.00. The van der Waals surface area contributed by atoms with Crippen LogP contribution in [0.3, 0.4) is 0 Å². The van der Waals surface area contributed by atoms with Crippen LogP contribution in [0.25, 0.3) is 5.57 Å². The first kappa shape index (κ1) is 21.7. The summed E-state index contributed by atoms with van der Waals surface area (Å²) >= 11 is 0. The van der Waals surface area contributed by atoms with Crippen molar-refractivity contribution in [2.75, 3.05) is 13.7 Å². The van der Waals surface area contributed by atoms with Crippen LogP contribution in [0.4, 0.5) is 8.78 Å². The molecule has 0 saturated carbocycles. The first-order valence-corrected chi connectivity index (χ1v) is 8.40. The van der Waals surface area contributed by atoms with Gasteiger partial charge < -0.3 is 14.8 Å². The van der Waals surface area contributed by atoms with Gasteiger partial charge in [0.1, 0.15) is 11.6 Å². The van der Waals surface area contributed by atoms with E-state index in [1.165, 1.54) is 13.2 Å². The lowest BCUT2D eigenvalue weighted by molar-refractivity contribution is -0.151. The van der Waals surface area contributed by atoms with Crippen molar-refractivity contribution in [1.29, 1.82) is 0 Å². The Balaban J connectivity index is 2.11. The van der Waals surface area contributed by atoms with Crippen molar-refractivity contribution in [3.05, 3.63) is 54.6 Å². The van der Waals surface area contributed by atoms with E-state index in [0.29, 0.717) is 0 Å². The Morgan fingerprint density at radius 1 is 1.39 bits per heavy atom. The fraction of sp³-hybridized carbons (Fsp3) is 0.368. The number of benzene rings is 1. The van der Waals surface area contributed by atoms with Crippen molar-refractivity contribution in [2.45, 2.75) is 30.6 Å². The van der Waals surface area contributed by atoms with Gasteiger partial charge in [0.25, 0.3) is 5.91 Å². The molecule has 1 amide bonds. The van der Waals surface area contributed by atoms with Crippen molar-refractivity contribution < 1.29 is 32.7 Å². The lowest BCUT2D eigenvalue weighted by Crippen LogP contribution is -2.52. The molecule has 7 nitrogen and oxygen atoms in total. The number of nitrogens with one attached hydrogen (secondary N) is 1. The van der Waals surface area contributed by atoms with Crippen LogP contribution >= 0.6 is 0 Å². The summed E-state index contributed by atoms with van der Waals surface area (Å²) in [5.41, 5.74) is -1.36. The number of nitrogens with two attached hydrogens (primary N) is 1. The molecule has 3 N–H and O–H groups in total. The smallest absolute Gasteiger partial charge is 0.335 e. The minimum Gasteiger partial charge on any atom is -0.467 e. The van der Waals surface area contributed by atoms with Gasteiger partial charge in [-0.2, -0.15) is 0 Å². The third-order valence-corrected chi connectivity index (χ3v) is 4.47. The molecule has 1 aliphatic rings. The summed E-state index contributed by atoms with van der Waals surface area (Å²) in [4.78, 5) is 29.2. The summed E-state index contributed by atoms with van der Waals surface area (Å²) in [6.45, 7) is 7.44. The molecule has 0 spiro atoms. The molecule has 1 aromatic rings. The molecule has 0 aromatic heterocycles. The second-order valence-corrected chi connectivity index (χ2v) is 6.40. The fourth-order valence-electron chi connectivity index (χ4n) is 2.90. The average molecular weight is 396 g/mol. The van der Waals surface area contributed by atoms with Crippen molar-refractivity contribution >= 4 is 17.4 Å². The standard InChI is InChI=1S/C19H22F2N2O5/c1-4-19(28-22,9-11(2)12-5-13(20)7-14(21)6-12)18(25)23-15-8-16(27-10-15)17(24)26-3/h4-7,15-16H,1-2,8-10,22H2,3H3,(H,23,25)/t15-,16-,19-/m1/s1. The van der Waals surface area contributed by atoms with Crippen LogP contribution in [-0.2, 0) is 23.9 Å². The van der Waals surface area contributed by atoms with Gasteiger partial charge in [0.15, 0.2) is 11.7 Å². The number of halogens is 2. The molecule has 0 unspecified atom stereocenters. The second-order valence-electron chi connectivity index (χ2n) is 6.40. The van der Waals surface area contributed by atoms with Crippen LogP contribution in [0.2, 0.25) is 0 Å². The summed E-state index contributed by atoms with van der Waals surface area (Å²) in [6.07, 6.45) is 0.413. The first-order chi connectivity index (χ1) is 13.2. The number of carbonyl (C=O) groups excluding carboxylic acids is 2. The molecular weight excluding hydrogens is 374 g/mol. The zero-order chi connectivity index (χ0) is 20.9. The average Bonchev–Trinajstić information content (AvgIpc) is 3.13. The van der Waals surface area contributed by atoms with Gasteiger partial charge in [-0.1, -0.05) is 13.2 Å². The van der Waals surface area contributed by atoms with Gasteiger partial charge in [0.05, 0.1) is 19.8 Å². The maximum atomic E-state index is 13.5. The van der Waals surface area contributed by atoms with Crippen LogP contribution in [0.15, 0.2) is 37.4 Å². The molecule has 0 radical (unpaired) electrons. The van der Waals surface area contributed by atoms with Crippen molar-refractivity contribution in [2.24, 2.45) is 5.90 Å². The monoisotopic (exact) mass is 396 g/mol. The third-order valence-electron chi connectivity index (χ3n) is 4.47. The molecular formula is C19H22F2N2O5. The van der Waals surface area contributed by atoms with Crippen LogP contribution in [0.1, 0.15) is 18.4 Å². The third kappa shape index (κ3) is 4.80. The highest BCUT2D eigenvalue weighted by Crippen LogP contribution is 2.29. The van der Waals surface area contributed by atoms with E-state index < -0.39 is 41.3 Å². The molecule has 1 saturated heterocycles. The van der Waals surface area contributed by atoms with Crippen molar-refractivity contribution in [1.82, 2.24) is 5.32 Å². The molecule has 9 heteroatoms. The van der Waals surface area contributed by atoms with Crippen LogP contribution in [0.5, 0.6) is 0 Å². The van der Waals surface area contributed by atoms with Crippen LogP contribution in [0, 0.1) is 11.6 Å². The summed E-state index contributed by atoms with van der Waals surface area (Å²) in [7, 11) is 1.24. The highest BCUT2D eigenvalue weighted by atomic mass is 19.1. The predicted octanol–water partition coefficient (Wildman–Crippen LogP) is 1.63. The van der Waals surface area contributed by atoms with E-state index >= 15 is 0 Å². The van der Waals surface area contributed by atoms with Crippen LogP contribution in [-0.4, -0.2) is 43.3 Å². The number of rotatable bonds is 8. The van der Waals surface area contributed by atoms with E-state index in [9.17, 15) is 18.4 Å². The number of hydrogen-bond acceptors (Lipinski definition) is 6. The fourth-order valence-corrected chi connectivity index (χ4v) is 2.90. The minimum absolute atomic E-state index is 0.0966. The zero-order valence-electron chi connectivity index (χ0n) is 15.4. The first-order valence-electron chi connectivity index (χ1n) is 8.40. The van der Waals surface area contributed by atoms with E-state index in [1.54, 1.807) is 0 Å². The van der Waals surface area contributed by atoms with Crippen LogP contribution < -0.4 is 11.2 Å². The largest absolute Gasteiger partial charge is 0.467 e. The van der Waals surface area contributed by atoms with E-state index in [0.717, 1.165) is 18.2 Å². The predicted molar refractivity (Wildman–Crippen MR) is 96.5 cm³/mol. The summed E-state index contributed by atoms with van der Waals surface area (Å²) in [5.74, 6) is 2.60. The van der Waals surface area contributed by atoms with Gasteiger partial charge in [-0.3, -0.25) is 9.63 Å². The number of esters is 1. The number of hydrogen-bond donors (Lipinski definition) is 2. The van der Waals surface area contributed by atoms with E-state index in [-0.39, 0.29) is 30.6 Å². The maximum absolute atomic E-state index is 13.5. The number of amides is 1. The SMILES string of the molecule is C=C[C@](CC(=C)c1cc(F)cc(F)c1)(ON)C(=O)N[C@H]1CO[C@@H](C(=O)OC)C1. The Bertz CT molecular complexity index is 765. The molecule has 28 heavy (non-hydrogen) atoms. The molecule has 1 aliphatic heterocycles. The van der Waals surface area contributed by atoms with Gasteiger partial charge in [-0.05, 0) is 29.3 Å². The number of ether oxygens (including phenoxy) is 2. The Morgan fingerprint density at radius 3 is 2.57 bits per heavy atom. The lowest BCUT2D eigenvalue weighted by atomic mass is 9.90. The van der Waals surface area contributed by atoms with E-state index in [4.69, 9.17) is 15.5 Å². The minimum atomic E-state index is -1.73. The zero-order valence-corrected chi connectivity index (χ0v) is 15.4. The van der Waals surface area contributed by atoms with Gasteiger partial charge in [-0.15, -0.1) is 0 Å². The van der Waals surface area contributed by atoms with E-state index in [1.807, 2.05) is 0 Å². The highest BCUT2D eigenvalue weighted by molar-refractivity contribution is 5.90. The van der Waals surface area contributed by atoms with Gasteiger partial charge in [0, 0.05) is 18.9 Å².